The van der Waals surface area contributed by atoms with Gasteiger partial charge in [0.1, 0.15) is 5.75 Å². The first-order chi connectivity index (χ1) is 21.0. The molecule has 44 heavy (non-hydrogen) atoms. The van der Waals surface area contributed by atoms with Crippen LogP contribution in [0.1, 0.15) is 63.7 Å². The van der Waals surface area contributed by atoms with Crippen LogP contribution < -0.4 is 15.8 Å². The SMILES string of the molecule is COCCCCOc1ccccc1C(=O)NCC(CC(N)C(O)CC(C(=O)N(C)C(=O)CN1CCOCC1)C(C)C)C(C)C. The number of unbranched alkanes of at least 4 members (excludes halogenated alkanes) is 1. The van der Waals surface area contributed by atoms with Crippen molar-refractivity contribution in [1.82, 2.24) is 15.1 Å². The molecule has 1 heterocycles. The van der Waals surface area contributed by atoms with E-state index in [0.717, 1.165) is 12.8 Å². The van der Waals surface area contributed by atoms with Crippen LogP contribution in [0.2, 0.25) is 0 Å². The Balaban J connectivity index is 1.94. The van der Waals surface area contributed by atoms with E-state index < -0.39 is 18.1 Å². The molecule has 1 aliphatic heterocycles. The topological polar surface area (TPSA) is 144 Å². The first-order valence-electron chi connectivity index (χ1n) is 16.0. The Hall–Kier alpha value is -2.57. The van der Waals surface area contributed by atoms with Crippen molar-refractivity contribution in [3.63, 3.8) is 0 Å². The quantitative estimate of drug-likeness (QED) is 0.199. The zero-order valence-corrected chi connectivity index (χ0v) is 27.6. The van der Waals surface area contributed by atoms with Crippen molar-refractivity contribution >= 4 is 17.7 Å². The van der Waals surface area contributed by atoms with E-state index in [4.69, 9.17) is 19.9 Å². The number of rotatable bonds is 19. The van der Waals surface area contributed by atoms with Crippen molar-refractivity contribution in [2.75, 3.05) is 66.8 Å². The molecule has 1 aromatic rings. The summed E-state index contributed by atoms with van der Waals surface area (Å²) in [5, 5.41) is 14.1. The van der Waals surface area contributed by atoms with Gasteiger partial charge in [0.25, 0.3) is 5.91 Å². The predicted octanol–water partition coefficient (Wildman–Crippen LogP) is 2.55. The van der Waals surface area contributed by atoms with E-state index in [1.165, 1.54) is 11.9 Å². The second kappa shape index (κ2) is 19.7. The number of carbonyl (C=O) groups is 3. The normalized spacial score (nSPS) is 16.8. The summed E-state index contributed by atoms with van der Waals surface area (Å²) in [6, 6.07) is 6.57. The zero-order valence-electron chi connectivity index (χ0n) is 27.6. The third kappa shape index (κ3) is 12.4. The standard InChI is InChI=1S/C33H56N4O7/c1-23(2)25(21-35-32(40)26-11-7-8-12-30(26)44-16-10-9-15-42-6)19-28(34)29(38)20-27(24(3)4)33(41)36(5)31(39)22-37-13-17-43-18-14-37/h7-8,11-12,23-25,27-29,38H,9-10,13-22,34H2,1-6H3,(H,35,40). The highest BCUT2D eigenvalue weighted by molar-refractivity contribution is 5.97. The Bertz CT molecular complexity index is 1020. The summed E-state index contributed by atoms with van der Waals surface area (Å²) < 4.78 is 16.3. The first-order valence-corrected chi connectivity index (χ1v) is 16.0. The van der Waals surface area contributed by atoms with Crippen LogP contribution in [0.25, 0.3) is 0 Å². The van der Waals surface area contributed by atoms with E-state index >= 15 is 0 Å². The van der Waals surface area contributed by atoms with Crippen LogP contribution >= 0.6 is 0 Å². The smallest absolute Gasteiger partial charge is 0.255 e. The number of amides is 3. The van der Waals surface area contributed by atoms with Gasteiger partial charge in [0.2, 0.25) is 11.8 Å². The van der Waals surface area contributed by atoms with Crippen molar-refractivity contribution in [2.45, 2.75) is 65.5 Å². The number of nitrogens with two attached hydrogens (primary N) is 1. The van der Waals surface area contributed by atoms with Crippen molar-refractivity contribution in [1.29, 1.82) is 0 Å². The van der Waals surface area contributed by atoms with E-state index in [-0.39, 0.29) is 48.4 Å². The number of aliphatic hydroxyl groups is 1. The summed E-state index contributed by atoms with van der Waals surface area (Å²) in [7, 11) is 3.18. The molecule has 1 aromatic carbocycles. The lowest BCUT2D eigenvalue weighted by Crippen LogP contribution is -2.48. The summed E-state index contributed by atoms with van der Waals surface area (Å²) in [6.45, 7) is 12.1. The van der Waals surface area contributed by atoms with Gasteiger partial charge in [-0.1, -0.05) is 39.8 Å². The molecule has 0 saturated carbocycles. The molecule has 1 aliphatic rings. The van der Waals surface area contributed by atoms with Gasteiger partial charge in [0, 0.05) is 52.4 Å². The van der Waals surface area contributed by atoms with Gasteiger partial charge in [0.05, 0.1) is 38.0 Å². The summed E-state index contributed by atoms with van der Waals surface area (Å²) in [4.78, 5) is 42.5. The summed E-state index contributed by atoms with van der Waals surface area (Å²) >= 11 is 0. The van der Waals surface area contributed by atoms with Gasteiger partial charge in [-0.25, -0.2) is 0 Å². The lowest BCUT2D eigenvalue weighted by Gasteiger charge is -2.32. The number of likely N-dealkylation sites (N-methyl/N-ethyl adjacent to an activating group) is 1. The predicted molar refractivity (Wildman–Crippen MR) is 170 cm³/mol. The number of benzene rings is 1. The van der Waals surface area contributed by atoms with Crippen LogP contribution in [-0.4, -0.2) is 112 Å². The molecule has 4 unspecified atom stereocenters. The molecule has 0 bridgehead atoms. The van der Waals surface area contributed by atoms with Crippen molar-refractivity contribution in [3.8, 4) is 5.75 Å². The Labute approximate surface area is 263 Å². The number of aliphatic hydroxyl groups excluding tert-OH is 1. The van der Waals surface area contributed by atoms with Gasteiger partial charge in [-0.05, 0) is 55.6 Å². The number of hydrogen-bond donors (Lipinski definition) is 3. The minimum absolute atomic E-state index is 0.00306. The van der Waals surface area contributed by atoms with Crippen LogP contribution in [0, 0.1) is 23.7 Å². The second-order valence-electron chi connectivity index (χ2n) is 12.5. The molecule has 2 rings (SSSR count). The maximum Gasteiger partial charge on any atom is 0.255 e. The largest absolute Gasteiger partial charge is 0.493 e. The van der Waals surface area contributed by atoms with Gasteiger partial charge < -0.3 is 30.4 Å². The molecule has 4 N–H and O–H groups in total. The van der Waals surface area contributed by atoms with Gasteiger partial charge >= 0.3 is 0 Å². The van der Waals surface area contributed by atoms with Crippen molar-refractivity contribution in [3.05, 3.63) is 29.8 Å². The van der Waals surface area contributed by atoms with Gasteiger partial charge in [0.15, 0.2) is 0 Å². The number of ether oxygens (including phenoxy) is 3. The molecular weight excluding hydrogens is 564 g/mol. The molecule has 1 fully saturated rings. The minimum atomic E-state index is -0.946. The fraction of sp³-hybridized carbons (Fsp3) is 0.727. The van der Waals surface area contributed by atoms with E-state index in [1.807, 2.05) is 24.8 Å². The number of morpholine rings is 1. The highest BCUT2D eigenvalue weighted by Gasteiger charge is 2.33. The zero-order chi connectivity index (χ0) is 32.6. The maximum atomic E-state index is 13.4. The third-order valence-electron chi connectivity index (χ3n) is 8.45. The molecule has 0 spiro atoms. The first kappa shape index (κ1) is 37.6. The summed E-state index contributed by atoms with van der Waals surface area (Å²) in [6.07, 6.45) is 1.37. The van der Waals surface area contributed by atoms with Crippen LogP contribution in [0.15, 0.2) is 24.3 Å². The van der Waals surface area contributed by atoms with Crippen LogP contribution in [0.4, 0.5) is 0 Å². The lowest BCUT2D eigenvalue weighted by molar-refractivity contribution is -0.148. The number of hydrogen-bond acceptors (Lipinski definition) is 9. The summed E-state index contributed by atoms with van der Waals surface area (Å²) in [5.41, 5.74) is 6.96. The Kier molecular flexibility index (Phi) is 16.9. The molecule has 11 nitrogen and oxygen atoms in total. The van der Waals surface area contributed by atoms with Crippen LogP contribution in [-0.2, 0) is 19.1 Å². The van der Waals surface area contributed by atoms with Gasteiger partial charge in [-0.3, -0.25) is 24.2 Å². The van der Waals surface area contributed by atoms with Crippen molar-refractivity contribution in [2.24, 2.45) is 29.4 Å². The Morgan fingerprint density at radius 2 is 1.70 bits per heavy atom. The highest BCUT2D eigenvalue weighted by atomic mass is 16.5. The van der Waals surface area contributed by atoms with Crippen LogP contribution in [0.5, 0.6) is 5.75 Å². The number of carbonyl (C=O) groups excluding carboxylic acids is 3. The monoisotopic (exact) mass is 620 g/mol. The molecule has 0 radical (unpaired) electrons. The average Bonchev–Trinajstić information content (AvgIpc) is 3.00. The second-order valence-corrected chi connectivity index (χ2v) is 12.5. The molecule has 3 amide bonds. The maximum absolute atomic E-state index is 13.4. The fourth-order valence-electron chi connectivity index (χ4n) is 5.25. The van der Waals surface area contributed by atoms with E-state index in [1.54, 1.807) is 25.3 Å². The number of para-hydroxylation sites is 1. The number of methoxy groups -OCH3 is 1. The van der Waals surface area contributed by atoms with Gasteiger partial charge in [-0.2, -0.15) is 0 Å². The Morgan fingerprint density at radius 3 is 2.34 bits per heavy atom. The number of nitrogens with one attached hydrogen (secondary N) is 1. The van der Waals surface area contributed by atoms with E-state index in [0.29, 0.717) is 63.8 Å². The molecule has 4 atom stereocenters. The average molecular weight is 621 g/mol. The third-order valence-corrected chi connectivity index (χ3v) is 8.45. The lowest BCUT2D eigenvalue weighted by atomic mass is 9.83. The minimum Gasteiger partial charge on any atom is -0.493 e. The van der Waals surface area contributed by atoms with Crippen LogP contribution in [0.3, 0.4) is 0 Å². The van der Waals surface area contributed by atoms with Gasteiger partial charge in [-0.15, -0.1) is 0 Å². The number of nitrogens with zero attached hydrogens (tertiary/aromatic N) is 2. The molecule has 1 saturated heterocycles. The molecule has 0 aromatic heterocycles. The molecule has 250 valence electrons. The highest BCUT2D eigenvalue weighted by Crippen LogP contribution is 2.25. The van der Waals surface area contributed by atoms with E-state index in [2.05, 4.69) is 19.2 Å². The number of imide groups is 1. The molecular formula is C33H56N4O7. The van der Waals surface area contributed by atoms with E-state index in [9.17, 15) is 19.5 Å². The molecule has 0 aliphatic carbocycles. The fourth-order valence-corrected chi connectivity index (χ4v) is 5.25. The summed E-state index contributed by atoms with van der Waals surface area (Å²) in [5.74, 6) is -0.736. The van der Waals surface area contributed by atoms with Crippen molar-refractivity contribution < 1.29 is 33.7 Å². The Morgan fingerprint density at radius 1 is 1.05 bits per heavy atom. The molecule has 11 heteroatoms.